The molecule has 2 heterocycles. The number of imide groups is 1. The number of hydrogen-bond acceptors (Lipinski definition) is 5. The smallest absolute Gasteiger partial charge is 0.334 e. The van der Waals surface area contributed by atoms with Gasteiger partial charge in [-0.25, -0.2) is 4.79 Å². The number of aromatic nitrogens is 1. The molecule has 0 spiro atoms. The highest BCUT2D eigenvalue weighted by molar-refractivity contribution is 6.22. The van der Waals surface area contributed by atoms with E-state index in [0.29, 0.717) is 16.9 Å². The second-order valence-electron chi connectivity index (χ2n) is 6.81. The zero-order chi connectivity index (χ0) is 21.1. The Kier molecular flexibility index (Phi) is 5.22. The van der Waals surface area contributed by atoms with Gasteiger partial charge in [-0.05, 0) is 54.4 Å². The second kappa shape index (κ2) is 8.13. The van der Waals surface area contributed by atoms with Crippen molar-refractivity contribution < 1.29 is 19.1 Å². The Morgan fingerprint density at radius 3 is 1.97 bits per heavy atom. The van der Waals surface area contributed by atoms with Crippen LogP contribution in [-0.4, -0.2) is 33.7 Å². The van der Waals surface area contributed by atoms with Gasteiger partial charge >= 0.3 is 5.97 Å². The van der Waals surface area contributed by atoms with E-state index in [1.54, 1.807) is 48.8 Å². The molecule has 148 valence electrons. The molecule has 30 heavy (non-hydrogen) atoms. The summed E-state index contributed by atoms with van der Waals surface area (Å²) in [6, 6.07) is 16.2. The number of amides is 2. The lowest BCUT2D eigenvalue weighted by Gasteiger charge is -2.20. The minimum absolute atomic E-state index is 0.299. The fourth-order valence-corrected chi connectivity index (χ4v) is 3.18. The van der Waals surface area contributed by atoms with Crippen molar-refractivity contribution in [1.29, 1.82) is 0 Å². The van der Waals surface area contributed by atoms with Gasteiger partial charge in [0.05, 0.1) is 11.1 Å². The lowest BCUT2D eigenvalue weighted by Crippen LogP contribution is -2.44. The van der Waals surface area contributed by atoms with E-state index >= 15 is 0 Å². The number of hydrogen-bond donors (Lipinski definition) is 0. The molecule has 1 aliphatic rings. The number of carbonyl (C=O) groups is 3. The largest absolute Gasteiger partial charge is 0.425 e. The first kappa shape index (κ1) is 19.3. The number of benzene rings is 2. The summed E-state index contributed by atoms with van der Waals surface area (Å²) in [7, 11) is 0. The molecule has 6 heteroatoms. The topological polar surface area (TPSA) is 76.6 Å². The Morgan fingerprint density at radius 2 is 1.40 bits per heavy atom. The molecule has 0 bridgehead atoms. The third-order valence-corrected chi connectivity index (χ3v) is 4.83. The Bertz CT molecular complexity index is 1100. The molecule has 1 unspecified atom stereocenters. The fourth-order valence-electron chi connectivity index (χ4n) is 3.18. The molecule has 1 atom stereocenters. The van der Waals surface area contributed by atoms with Crippen LogP contribution < -0.4 is 4.74 Å². The molecule has 0 saturated carbocycles. The second-order valence-corrected chi connectivity index (χ2v) is 6.81. The van der Waals surface area contributed by atoms with Gasteiger partial charge in [0.1, 0.15) is 11.8 Å². The van der Waals surface area contributed by atoms with Crippen molar-refractivity contribution in [2.24, 2.45) is 0 Å². The van der Waals surface area contributed by atoms with E-state index in [0.717, 1.165) is 16.0 Å². The van der Waals surface area contributed by atoms with Crippen molar-refractivity contribution in [3.05, 3.63) is 95.3 Å². The highest BCUT2D eigenvalue weighted by Gasteiger charge is 2.41. The van der Waals surface area contributed by atoms with Crippen LogP contribution in [-0.2, 0) is 4.79 Å². The average molecular weight is 398 g/mol. The van der Waals surface area contributed by atoms with E-state index in [-0.39, 0.29) is 0 Å². The van der Waals surface area contributed by atoms with E-state index in [1.165, 1.54) is 6.92 Å². The van der Waals surface area contributed by atoms with Crippen LogP contribution in [0.15, 0.2) is 73.1 Å². The van der Waals surface area contributed by atoms with Gasteiger partial charge in [-0.15, -0.1) is 0 Å². The molecule has 0 radical (unpaired) electrons. The lowest BCUT2D eigenvalue weighted by atomic mass is 10.1. The molecule has 0 N–H and O–H groups in total. The van der Waals surface area contributed by atoms with E-state index in [4.69, 9.17) is 4.74 Å². The zero-order valence-corrected chi connectivity index (χ0v) is 16.2. The van der Waals surface area contributed by atoms with Crippen molar-refractivity contribution in [2.45, 2.75) is 13.0 Å². The Hall–Kier alpha value is -4.06. The maximum atomic E-state index is 12.5. The minimum atomic E-state index is -1.04. The third kappa shape index (κ3) is 3.75. The molecular weight excluding hydrogens is 380 g/mol. The summed E-state index contributed by atoms with van der Waals surface area (Å²) in [4.78, 5) is 42.5. The molecule has 0 saturated heterocycles. The number of nitrogens with zero attached hydrogens (tertiary/aromatic N) is 2. The van der Waals surface area contributed by atoms with Crippen LogP contribution in [0, 0.1) is 0 Å². The Labute approximate surface area is 173 Å². The molecular formula is C24H18N2O4. The highest BCUT2D eigenvalue weighted by atomic mass is 16.5. The summed E-state index contributed by atoms with van der Waals surface area (Å²) < 4.78 is 5.38. The van der Waals surface area contributed by atoms with Crippen LogP contribution in [0.1, 0.15) is 38.8 Å². The van der Waals surface area contributed by atoms with Crippen LogP contribution in [0.2, 0.25) is 0 Å². The normalized spacial score (nSPS) is 14.1. The third-order valence-electron chi connectivity index (χ3n) is 4.83. The van der Waals surface area contributed by atoms with Crippen molar-refractivity contribution >= 4 is 29.9 Å². The average Bonchev–Trinajstić information content (AvgIpc) is 3.04. The molecule has 6 nitrogen and oxygen atoms in total. The van der Waals surface area contributed by atoms with Crippen LogP contribution in [0.5, 0.6) is 5.75 Å². The quantitative estimate of drug-likeness (QED) is 0.371. The van der Waals surface area contributed by atoms with E-state index in [2.05, 4.69) is 4.98 Å². The SMILES string of the molecule is CC(C(=O)Oc1ccc(/C=C/c2ccncc2)cc1)N1C(=O)c2ccccc2C1=O. The molecule has 3 aromatic rings. The van der Waals surface area contributed by atoms with Crippen LogP contribution in [0.4, 0.5) is 0 Å². The molecule has 1 aromatic heterocycles. The summed E-state index contributed by atoms with van der Waals surface area (Å²) in [5.41, 5.74) is 2.55. The summed E-state index contributed by atoms with van der Waals surface area (Å²) in [5, 5.41) is 0. The zero-order valence-electron chi connectivity index (χ0n) is 16.2. The van der Waals surface area contributed by atoms with Crippen molar-refractivity contribution in [1.82, 2.24) is 9.88 Å². The number of rotatable bonds is 5. The van der Waals surface area contributed by atoms with Gasteiger partial charge in [-0.3, -0.25) is 19.5 Å². The monoisotopic (exact) mass is 398 g/mol. The van der Waals surface area contributed by atoms with Gasteiger partial charge in [-0.1, -0.05) is 36.4 Å². The van der Waals surface area contributed by atoms with Crippen molar-refractivity contribution in [3.63, 3.8) is 0 Å². The van der Waals surface area contributed by atoms with E-state index < -0.39 is 23.8 Å². The van der Waals surface area contributed by atoms with Gasteiger partial charge in [0.15, 0.2) is 0 Å². The summed E-state index contributed by atoms with van der Waals surface area (Å²) in [6.45, 7) is 1.48. The maximum absolute atomic E-state index is 12.5. The van der Waals surface area contributed by atoms with Gasteiger partial charge < -0.3 is 4.74 Å². The Balaban J connectivity index is 1.42. The van der Waals surface area contributed by atoms with Crippen LogP contribution in [0.25, 0.3) is 12.2 Å². The molecule has 1 aliphatic heterocycles. The fraction of sp³-hybridized carbons (Fsp3) is 0.0833. The predicted octanol–water partition coefficient (Wildman–Crippen LogP) is 3.84. The first-order valence-corrected chi connectivity index (χ1v) is 9.41. The molecule has 2 aromatic carbocycles. The number of fused-ring (bicyclic) bond motifs is 1. The van der Waals surface area contributed by atoms with E-state index in [9.17, 15) is 14.4 Å². The number of pyridine rings is 1. The van der Waals surface area contributed by atoms with Crippen molar-refractivity contribution in [2.75, 3.05) is 0 Å². The van der Waals surface area contributed by atoms with Crippen molar-refractivity contribution in [3.8, 4) is 5.75 Å². The molecule has 4 rings (SSSR count). The summed E-state index contributed by atoms with van der Waals surface area (Å²) in [5.74, 6) is -1.32. The predicted molar refractivity (Wildman–Crippen MR) is 112 cm³/mol. The molecule has 2 amide bonds. The van der Waals surface area contributed by atoms with Crippen LogP contribution in [0.3, 0.4) is 0 Å². The summed E-state index contributed by atoms with van der Waals surface area (Å²) in [6.07, 6.45) is 7.32. The van der Waals surface area contributed by atoms with Crippen LogP contribution >= 0.6 is 0 Å². The number of carbonyl (C=O) groups excluding carboxylic acids is 3. The highest BCUT2D eigenvalue weighted by Crippen LogP contribution is 2.25. The molecule has 0 aliphatic carbocycles. The summed E-state index contributed by atoms with van der Waals surface area (Å²) >= 11 is 0. The van der Waals surface area contributed by atoms with E-state index in [1.807, 2.05) is 36.4 Å². The lowest BCUT2D eigenvalue weighted by molar-refractivity contribution is -0.138. The number of ether oxygens (including phenoxy) is 1. The van der Waals surface area contributed by atoms with Gasteiger partial charge in [-0.2, -0.15) is 0 Å². The van der Waals surface area contributed by atoms with Gasteiger partial charge in [0.25, 0.3) is 11.8 Å². The van der Waals surface area contributed by atoms with Gasteiger partial charge in [0, 0.05) is 12.4 Å². The maximum Gasteiger partial charge on any atom is 0.334 e. The van der Waals surface area contributed by atoms with Gasteiger partial charge in [0.2, 0.25) is 0 Å². The Morgan fingerprint density at radius 1 is 0.867 bits per heavy atom. The minimum Gasteiger partial charge on any atom is -0.425 e. The standard InChI is InChI=1S/C24H18N2O4/c1-16(26-22(27)20-4-2-3-5-21(20)23(26)28)24(29)30-19-10-8-17(9-11-19)6-7-18-12-14-25-15-13-18/h2-16H,1H3/b7-6+. The molecule has 0 fully saturated rings. The number of esters is 1. The first-order chi connectivity index (χ1) is 14.5. The first-order valence-electron chi connectivity index (χ1n) is 9.41.